The lowest BCUT2D eigenvalue weighted by molar-refractivity contribution is 0.0951. The van der Waals surface area contributed by atoms with Gasteiger partial charge < -0.3 is 25.4 Å². The second-order valence-electron chi connectivity index (χ2n) is 9.99. The van der Waals surface area contributed by atoms with Crippen molar-refractivity contribution in [3.05, 3.63) is 81.9 Å². The number of aryl methyl sites for hydroxylation is 1. The van der Waals surface area contributed by atoms with Crippen LogP contribution in [0.4, 0.5) is 5.82 Å². The molecule has 2 aliphatic rings. The maximum absolute atomic E-state index is 13.6. The number of amides is 1. The van der Waals surface area contributed by atoms with Crippen LogP contribution < -0.4 is 26.2 Å². The highest BCUT2D eigenvalue weighted by Gasteiger charge is 2.47. The molecular formula is C29H35N5O4. The summed E-state index contributed by atoms with van der Waals surface area (Å²) in [6.45, 7) is 4.59. The van der Waals surface area contributed by atoms with Gasteiger partial charge in [0, 0.05) is 49.8 Å². The monoisotopic (exact) mass is 517 g/mol. The van der Waals surface area contributed by atoms with Gasteiger partial charge in [-0.25, -0.2) is 4.98 Å². The Kier molecular flexibility index (Phi) is 7.76. The van der Waals surface area contributed by atoms with E-state index >= 15 is 0 Å². The number of hydrogen-bond donors (Lipinski definition) is 3. The number of methoxy groups -OCH3 is 1. The van der Waals surface area contributed by atoms with Crippen LogP contribution >= 0.6 is 0 Å². The van der Waals surface area contributed by atoms with Gasteiger partial charge in [-0.15, -0.1) is 0 Å². The fourth-order valence-corrected chi connectivity index (χ4v) is 4.53. The lowest BCUT2D eigenvalue weighted by Crippen LogP contribution is -2.30. The van der Waals surface area contributed by atoms with Gasteiger partial charge in [0.15, 0.2) is 5.82 Å². The van der Waals surface area contributed by atoms with Crippen LogP contribution in [-0.2, 0) is 10.3 Å². The van der Waals surface area contributed by atoms with Crippen LogP contribution in [0.5, 0.6) is 5.75 Å². The van der Waals surface area contributed by atoms with Gasteiger partial charge in [0.05, 0.1) is 17.8 Å². The van der Waals surface area contributed by atoms with E-state index in [-0.39, 0.29) is 23.3 Å². The number of nitrogens with zero attached hydrogens (tertiary/aromatic N) is 2. The Morgan fingerprint density at radius 3 is 2.68 bits per heavy atom. The number of para-hydroxylation sites is 1. The summed E-state index contributed by atoms with van der Waals surface area (Å²) >= 11 is 0. The molecule has 0 atom stereocenters. The maximum atomic E-state index is 13.6. The molecule has 1 aromatic heterocycles. The zero-order valence-electron chi connectivity index (χ0n) is 22.0. The number of nitrogens with one attached hydrogen (secondary N) is 3. The Labute approximate surface area is 222 Å². The number of carbonyl (C=O) groups excluding carboxylic acids is 1. The fraction of sp³-hybridized carbons (Fsp3) is 0.414. The minimum atomic E-state index is -0.410. The van der Waals surface area contributed by atoms with Crippen LogP contribution in [0.25, 0.3) is 5.69 Å². The van der Waals surface area contributed by atoms with Crippen molar-refractivity contribution < 1.29 is 14.3 Å². The molecule has 0 spiro atoms. The summed E-state index contributed by atoms with van der Waals surface area (Å²) in [5.41, 5.74) is 2.44. The first-order chi connectivity index (χ1) is 18.5. The molecule has 0 unspecified atom stereocenters. The number of anilines is 1. The molecule has 2 aliphatic carbocycles. The minimum absolute atomic E-state index is 0.114. The van der Waals surface area contributed by atoms with Gasteiger partial charge in [0.1, 0.15) is 12.4 Å². The zero-order chi connectivity index (χ0) is 26.5. The van der Waals surface area contributed by atoms with Crippen LogP contribution in [0.3, 0.4) is 0 Å². The fourth-order valence-electron chi connectivity index (χ4n) is 4.53. The van der Waals surface area contributed by atoms with Crippen molar-refractivity contribution in [1.82, 2.24) is 20.2 Å². The summed E-state index contributed by atoms with van der Waals surface area (Å²) in [5, 5.41) is 9.73. The van der Waals surface area contributed by atoms with Crippen molar-refractivity contribution in [3.8, 4) is 11.4 Å². The molecule has 2 aromatic carbocycles. The molecule has 38 heavy (non-hydrogen) atoms. The van der Waals surface area contributed by atoms with Gasteiger partial charge in [-0.05, 0) is 56.4 Å². The molecular weight excluding hydrogens is 482 g/mol. The van der Waals surface area contributed by atoms with Crippen molar-refractivity contribution in [2.45, 2.75) is 44.2 Å². The Bertz CT molecular complexity index is 1350. The summed E-state index contributed by atoms with van der Waals surface area (Å²) in [6.07, 6.45) is 7.03. The van der Waals surface area contributed by atoms with Gasteiger partial charge in [-0.2, -0.15) is 0 Å². The molecule has 2 saturated carbocycles. The summed E-state index contributed by atoms with van der Waals surface area (Å²) < 4.78 is 12.7. The molecule has 0 saturated heterocycles. The molecule has 9 heteroatoms. The number of ether oxygens (including phenoxy) is 2. The Morgan fingerprint density at radius 2 is 1.92 bits per heavy atom. The standard InChI is InChI=1S/C29H35N5O4/c1-20-7-8-21(27(35)32-22-9-10-22)19-24(20)34-16-13-31-26(28(34)36)33-29(11-12-29)23-5-3-4-6-25(23)38-18-15-30-14-17-37-2/h3-8,13,16,19,22,30H,9-12,14-15,17-18H2,1-2H3,(H,31,33)(H,32,35). The van der Waals surface area contributed by atoms with E-state index in [9.17, 15) is 9.59 Å². The van der Waals surface area contributed by atoms with Crippen molar-refractivity contribution in [2.75, 3.05) is 38.7 Å². The highest BCUT2D eigenvalue weighted by Crippen LogP contribution is 2.50. The van der Waals surface area contributed by atoms with Gasteiger partial charge in [-0.3, -0.25) is 14.2 Å². The average molecular weight is 518 g/mol. The predicted octanol–water partition coefficient (Wildman–Crippen LogP) is 3.15. The van der Waals surface area contributed by atoms with Gasteiger partial charge in [-0.1, -0.05) is 24.3 Å². The maximum Gasteiger partial charge on any atom is 0.297 e. The van der Waals surface area contributed by atoms with Crippen LogP contribution in [0.15, 0.2) is 59.7 Å². The van der Waals surface area contributed by atoms with Crippen LogP contribution in [0, 0.1) is 6.92 Å². The smallest absolute Gasteiger partial charge is 0.297 e. The molecule has 0 radical (unpaired) electrons. The van der Waals surface area contributed by atoms with Crippen LogP contribution in [-0.4, -0.2) is 54.9 Å². The number of aromatic nitrogens is 2. The molecule has 1 amide bonds. The van der Waals surface area contributed by atoms with Crippen molar-refractivity contribution >= 4 is 11.7 Å². The molecule has 1 heterocycles. The normalized spacial score (nSPS) is 15.6. The lowest BCUT2D eigenvalue weighted by Gasteiger charge is -2.22. The van der Waals surface area contributed by atoms with Crippen LogP contribution in [0.1, 0.15) is 47.2 Å². The summed E-state index contributed by atoms with van der Waals surface area (Å²) in [4.78, 5) is 30.6. The van der Waals surface area contributed by atoms with E-state index in [1.165, 1.54) is 0 Å². The van der Waals surface area contributed by atoms with E-state index in [1.807, 2.05) is 37.3 Å². The second-order valence-corrected chi connectivity index (χ2v) is 9.99. The van der Waals surface area contributed by atoms with Crippen molar-refractivity contribution in [2.24, 2.45) is 0 Å². The molecule has 9 nitrogen and oxygen atoms in total. The van der Waals surface area contributed by atoms with Gasteiger partial charge in [0.25, 0.3) is 11.5 Å². The molecule has 0 bridgehead atoms. The van der Waals surface area contributed by atoms with Gasteiger partial charge in [0.2, 0.25) is 0 Å². The van der Waals surface area contributed by atoms with Crippen molar-refractivity contribution in [1.29, 1.82) is 0 Å². The number of rotatable bonds is 13. The Balaban J connectivity index is 1.35. The zero-order valence-corrected chi connectivity index (χ0v) is 22.0. The molecule has 3 aromatic rings. The SMILES string of the molecule is COCCNCCOc1ccccc1C1(Nc2nccn(-c3cc(C(=O)NC4CC4)ccc3C)c2=O)CC1. The lowest BCUT2D eigenvalue weighted by atomic mass is 10.0. The Morgan fingerprint density at radius 1 is 1.13 bits per heavy atom. The third-order valence-corrected chi connectivity index (χ3v) is 7.01. The molecule has 2 fully saturated rings. The second kappa shape index (κ2) is 11.4. The van der Waals surface area contributed by atoms with Gasteiger partial charge >= 0.3 is 0 Å². The van der Waals surface area contributed by atoms with Crippen LogP contribution in [0.2, 0.25) is 0 Å². The van der Waals surface area contributed by atoms with E-state index in [0.29, 0.717) is 31.0 Å². The van der Waals surface area contributed by atoms with Crippen molar-refractivity contribution in [3.63, 3.8) is 0 Å². The molecule has 3 N–H and O–H groups in total. The first-order valence-electron chi connectivity index (χ1n) is 13.2. The van der Waals surface area contributed by atoms with E-state index in [1.54, 1.807) is 36.2 Å². The summed E-state index contributed by atoms with van der Waals surface area (Å²) in [6, 6.07) is 13.7. The topological polar surface area (TPSA) is 107 Å². The third-order valence-electron chi connectivity index (χ3n) is 7.01. The summed E-state index contributed by atoms with van der Waals surface area (Å²) in [7, 11) is 1.68. The summed E-state index contributed by atoms with van der Waals surface area (Å²) in [5.74, 6) is 0.956. The average Bonchev–Trinajstić information content (AvgIpc) is 3.86. The largest absolute Gasteiger partial charge is 0.492 e. The minimum Gasteiger partial charge on any atom is -0.492 e. The van der Waals surface area contributed by atoms with E-state index in [4.69, 9.17) is 9.47 Å². The first-order valence-corrected chi connectivity index (χ1v) is 13.2. The quantitative estimate of drug-likeness (QED) is 0.299. The van der Waals surface area contributed by atoms with E-state index < -0.39 is 5.54 Å². The number of benzene rings is 2. The Hall–Kier alpha value is -3.69. The van der Waals surface area contributed by atoms with E-state index in [2.05, 4.69) is 20.9 Å². The third kappa shape index (κ3) is 5.89. The van der Waals surface area contributed by atoms with E-state index in [0.717, 1.165) is 49.1 Å². The highest BCUT2D eigenvalue weighted by atomic mass is 16.5. The molecule has 5 rings (SSSR count). The number of carbonyl (C=O) groups is 1. The molecule has 0 aliphatic heterocycles. The predicted molar refractivity (Wildman–Crippen MR) is 146 cm³/mol. The first kappa shape index (κ1) is 25.9. The molecule has 200 valence electrons. The highest BCUT2D eigenvalue weighted by molar-refractivity contribution is 5.95. The number of hydrogen-bond acceptors (Lipinski definition) is 7.